The second kappa shape index (κ2) is 2.92. The van der Waals surface area contributed by atoms with Crippen LogP contribution in [0.4, 0.5) is 0 Å². The number of hydrogen-bond donors (Lipinski definition) is 1. The lowest BCUT2D eigenvalue weighted by Gasteiger charge is -1.89. The maximum atomic E-state index is 10.1. The van der Waals surface area contributed by atoms with Gasteiger partial charge in [0.05, 0.1) is 0 Å². The summed E-state index contributed by atoms with van der Waals surface area (Å²) in [7, 11) is 0. The molecule has 0 radical (unpaired) electrons. The molecule has 0 unspecified atom stereocenters. The quantitative estimate of drug-likeness (QED) is 0.482. The van der Waals surface area contributed by atoms with Crippen LogP contribution in [0.3, 0.4) is 0 Å². The van der Waals surface area contributed by atoms with Crippen molar-refractivity contribution in [3.05, 3.63) is 35.4 Å². The van der Waals surface area contributed by atoms with Crippen LogP contribution >= 0.6 is 0 Å². The lowest BCUT2D eigenvalue weighted by atomic mass is 10.2. The van der Waals surface area contributed by atoms with Crippen LogP contribution in [0.25, 0.3) is 0 Å². The van der Waals surface area contributed by atoms with Crippen LogP contribution in [-0.4, -0.2) is 12.5 Å². The second-order valence-electron chi connectivity index (χ2n) is 1.93. The maximum absolute atomic E-state index is 10.1. The van der Waals surface area contributed by atoms with Gasteiger partial charge in [0.1, 0.15) is 6.29 Å². The molecule has 0 aliphatic carbocycles. The minimum atomic E-state index is 0.644. The highest BCUT2D eigenvalue weighted by molar-refractivity contribution is 5.80. The fourth-order valence-electron chi connectivity index (χ4n) is 0.671. The molecule has 1 aromatic carbocycles. The third-order valence-corrected chi connectivity index (χ3v) is 1.24. The van der Waals surface area contributed by atoms with Crippen molar-refractivity contribution in [2.75, 3.05) is 0 Å². The van der Waals surface area contributed by atoms with Crippen LogP contribution in [-0.2, 0) is 0 Å². The van der Waals surface area contributed by atoms with Crippen LogP contribution in [0.2, 0.25) is 0 Å². The van der Waals surface area contributed by atoms with Gasteiger partial charge in [0.15, 0.2) is 0 Å². The van der Waals surface area contributed by atoms with E-state index >= 15 is 0 Å². The number of hydrogen-bond acceptors (Lipinski definition) is 2. The predicted octanol–water partition coefficient (Wildman–Crippen LogP) is 1.50. The van der Waals surface area contributed by atoms with E-state index in [9.17, 15) is 4.79 Å². The van der Waals surface area contributed by atoms with Crippen molar-refractivity contribution in [3.8, 4) is 0 Å². The molecule has 0 aliphatic rings. The molecule has 1 aromatic rings. The van der Waals surface area contributed by atoms with Crippen LogP contribution in [0, 0.1) is 5.41 Å². The topological polar surface area (TPSA) is 40.9 Å². The average molecular weight is 133 g/mol. The Balaban J connectivity index is 3.00. The van der Waals surface area contributed by atoms with Gasteiger partial charge in [-0.3, -0.25) is 4.79 Å². The first-order valence-electron chi connectivity index (χ1n) is 2.92. The molecule has 0 saturated heterocycles. The van der Waals surface area contributed by atoms with Gasteiger partial charge in [0, 0.05) is 11.8 Å². The number of aldehydes is 1. The lowest BCUT2D eigenvalue weighted by molar-refractivity contribution is 0.112. The number of benzene rings is 1. The van der Waals surface area contributed by atoms with Gasteiger partial charge in [-0.2, -0.15) is 0 Å². The fourth-order valence-corrected chi connectivity index (χ4v) is 0.671. The molecule has 0 heterocycles. The molecule has 0 aliphatic heterocycles. The van der Waals surface area contributed by atoms with Crippen molar-refractivity contribution < 1.29 is 4.79 Å². The first kappa shape index (κ1) is 6.68. The monoisotopic (exact) mass is 133 g/mol. The summed E-state index contributed by atoms with van der Waals surface area (Å²) in [4.78, 5) is 10.1. The minimum Gasteiger partial charge on any atom is -0.308 e. The third-order valence-electron chi connectivity index (χ3n) is 1.24. The molecule has 0 aromatic heterocycles. The van der Waals surface area contributed by atoms with Crippen LogP contribution < -0.4 is 0 Å². The van der Waals surface area contributed by atoms with E-state index in [2.05, 4.69) is 0 Å². The van der Waals surface area contributed by atoms with E-state index < -0.39 is 0 Å². The van der Waals surface area contributed by atoms with E-state index in [0.717, 1.165) is 11.8 Å². The largest absolute Gasteiger partial charge is 0.308 e. The van der Waals surface area contributed by atoms with Crippen molar-refractivity contribution in [2.45, 2.75) is 0 Å². The SMILES string of the molecule is N=Cc1ccc(C=O)cc1. The summed E-state index contributed by atoms with van der Waals surface area (Å²) in [6.07, 6.45) is 2.03. The summed E-state index contributed by atoms with van der Waals surface area (Å²) >= 11 is 0. The molecule has 0 fully saturated rings. The van der Waals surface area contributed by atoms with Crippen LogP contribution in [0.5, 0.6) is 0 Å². The van der Waals surface area contributed by atoms with E-state index in [4.69, 9.17) is 5.41 Å². The van der Waals surface area contributed by atoms with Crippen molar-refractivity contribution in [1.82, 2.24) is 0 Å². The zero-order chi connectivity index (χ0) is 7.40. The third kappa shape index (κ3) is 1.29. The molecule has 2 nitrogen and oxygen atoms in total. The molecule has 0 spiro atoms. The highest BCUT2D eigenvalue weighted by Crippen LogP contribution is 1.98. The fraction of sp³-hybridized carbons (Fsp3) is 0. The molecule has 0 amide bonds. The Morgan fingerprint density at radius 2 is 1.60 bits per heavy atom. The Morgan fingerprint density at radius 1 is 1.10 bits per heavy atom. The van der Waals surface area contributed by atoms with E-state index in [1.54, 1.807) is 24.3 Å². The second-order valence-corrected chi connectivity index (χ2v) is 1.93. The highest BCUT2D eigenvalue weighted by Gasteiger charge is 1.87. The molecule has 2 heteroatoms. The minimum absolute atomic E-state index is 0.644. The molecule has 10 heavy (non-hydrogen) atoms. The van der Waals surface area contributed by atoms with Crippen molar-refractivity contribution in [3.63, 3.8) is 0 Å². The lowest BCUT2D eigenvalue weighted by Crippen LogP contribution is -1.81. The molecule has 1 rings (SSSR count). The Kier molecular flexibility index (Phi) is 1.95. The van der Waals surface area contributed by atoms with Crippen molar-refractivity contribution in [1.29, 1.82) is 5.41 Å². The average Bonchev–Trinajstić information content (AvgIpc) is 2.05. The Labute approximate surface area is 59.0 Å². The van der Waals surface area contributed by atoms with Gasteiger partial charge in [-0.05, 0) is 5.56 Å². The molecule has 0 bridgehead atoms. The number of rotatable bonds is 2. The van der Waals surface area contributed by atoms with Crippen LogP contribution in [0.1, 0.15) is 15.9 Å². The standard InChI is InChI=1S/C8H7NO/c9-5-7-1-3-8(6-10)4-2-7/h1-6,9H. The first-order chi connectivity index (χ1) is 4.86. The van der Waals surface area contributed by atoms with E-state index in [1.807, 2.05) is 0 Å². The molecular formula is C8H7NO. The highest BCUT2D eigenvalue weighted by atomic mass is 16.1. The Morgan fingerprint density at radius 3 is 2.00 bits per heavy atom. The molecule has 50 valence electrons. The van der Waals surface area contributed by atoms with Gasteiger partial charge < -0.3 is 5.41 Å². The normalized spacial score (nSPS) is 8.80. The van der Waals surface area contributed by atoms with Gasteiger partial charge in [0.25, 0.3) is 0 Å². The number of nitrogens with one attached hydrogen (secondary N) is 1. The summed E-state index contributed by atoms with van der Waals surface area (Å²) in [6.45, 7) is 0. The van der Waals surface area contributed by atoms with Gasteiger partial charge in [0.2, 0.25) is 0 Å². The number of carbonyl (C=O) groups excluding carboxylic acids is 1. The molecule has 0 atom stereocenters. The zero-order valence-corrected chi connectivity index (χ0v) is 5.37. The Hall–Kier alpha value is -1.44. The number of carbonyl (C=O) groups is 1. The van der Waals surface area contributed by atoms with Gasteiger partial charge in [-0.1, -0.05) is 24.3 Å². The smallest absolute Gasteiger partial charge is 0.150 e. The van der Waals surface area contributed by atoms with E-state index in [1.165, 1.54) is 6.21 Å². The predicted molar refractivity (Wildman–Crippen MR) is 39.7 cm³/mol. The molecular weight excluding hydrogens is 126 g/mol. The van der Waals surface area contributed by atoms with E-state index in [0.29, 0.717) is 5.56 Å². The summed E-state index contributed by atoms with van der Waals surface area (Å²) in [6, 6.07) is 6.84. The van der Waals surface area contributed by atoms with Gasteiger partial charge in [-0.25, -0.2) is 0 Å². The van der Waals surface area contributed by atoms with Crippen molar-refractivity contribution >= 4 is 12.5 Å². The molecule has 1 N–H and O–H groups in total. The van der Waals surface area contributed by atoms with Crippen LogP contribution in [0.15, 0.2) is 24.3 Å². The van der Waals surface area contributed by atoms with Crippen molar-refractivity contribution in [2.24, 2.45) is 0 Å². The maximum Gasteiger partial charge on any atom is 0.150 e. The Bertz CT molecular complexity index is 211. The first-order valence-corrected chi connectivity index (χ1v) is 2.92. The summed E-state index contributed by atoms with van der Waals surface area (Å²) < 4.78 is 0. The summed E-state index contributed by atoms with van der Waals surface area (Å²) in [5.41, 5.74) is 1.45. The van der Waals surface area contributed by atoms with E-state index in [-0.39, 0.29) is 0 Å². The summed E-state index contributed by atoms with van der Waals surface area (Å²) in [5, 5.41) is 6.86. The summed E-state index contributed by atoms with van der Waals surface area (Å²) in [5.74, 6) is 0. The zero-order valence-electron chi connectivity index (χ0n) is 5.37. The van der Waals surface area contributed by atoms with Gasteiger partial charge >= 0.3 is 0 Å². The van der Waals surface area contributed by atoms with Gasteiger partial charge in [-0.15, -0.1) is 0 Å². The molecule has 0 saturated carbocycles.